The predicted molar refractivity (Wildman–Crippen MR) is 86.4 cm³/mol. The third-order valence-electron chi connectivity index (χ3n) is 3.69. The molecule has 3 rings (SSSR count). The van der Waals surface area contributed by atoms with Crippen molar-refractivity contribution < 1.29 is 5.11 Å². The first-order valence-electron chi connectivity index (χ1n) is 7.24. The minimum Gasteiger partial charge on any atom is -0.395 e. The fourth-order valence-electron chi connectivity index (χ4n) is 2.68. The number of nitrogens with one attached hydrogen (secondary N) is 2. The maximum absolute atomic E-state index is 9.03. The van der Waals surface area contributed by atoms with E-state index in [-0.39, 0.29) is 6.61 Å². The molecule has 3 N–H and O–H groups in total. The molecule has 0 unspecified atom stereocenters. The van der Waals surface area contributed by atoms with Crippen LogP contribution in [-0.2, 0) is 0 Å². The Hall–Kier alpha value is -2.11. The van der Waals surface area contributed by atoms with Gasteiger partial charge in [-0.2, -0.15) is 0 Å². The van der Waals surface area contributed by atoms with Crippen molar-refractivity contribution in [2.24, 2.45) is 0 Å². The van der Waals surface area contributed by atoms with Gasteiger partial charge >= 0.3 is 0 Å². The molecule has 0 atom stereocenters. The number of aryl methyl sites for hydroxylation is 1. The summed E-state index contributed by atoms with van der Waals surface area (Å²) in [6.07, 6.45) is 1.89. The number of aliphatic hydroxyl groups is 1. The number of hydrogen-bond acceptors (Lipinski definition) is 4. The van der Waals surface area contributed by atoms with Crippen molar-refractivity contribution in [2.45, 2.75) is 13.8 Å². The van der Waals surface area contributed by atoms with Gasteiger partial charge in [0.05, 0.1) is 17.5 Å². The zero-order valence-electron chi connectivity index (χ0n) is 12.3. The first-order chi connectivity index (χ1) is 10.3. The van der Waals surface area contributed by atoms with Gasteiger partial charge in [0.25, 0.3) is 0 Å². The van der Waals surface area contributed by atoms with Gasteiger partial charge in [-0.25, -0.2) is 10.4 Å². The molecular weight excluding hydrogens is 264 g/mol. The highest BCUT2D eigenvalue weighted by molar-refractivity contribution is 6.13. The van der Waals surface area contributed by atoms with Gasteiger partial charge in [-0.05, 0) is 25.5 Å². The highest BCUT2D eigenvalue weighted by atomic mass is 16.3. The van der Waals surface area contributed by atoms with Gasteiger partial charge in [0.15, 0.2) is 5.82 Å². The molecule has 5 heteroatoms. The van der Waals surface area contributed by atoms with E-state index in [0.717, 1.165) is 34.3 Å². The van der Waals surface area contributed by atoms with E-state index in [4.69, 9.17) is 5.11 Å². The Labute approximate surface area is 123 Å². The van der Waals surface area contributed by atoms with E-state index in [0.29, 0.717) is 6.54 Å². The average Bonchev–Trinajstić information content (AvgIpc) is 2.90. The summed E-state index contributed by atoms with van der Waals surface area (Å²) in [6.45, 7) is 5.50. The molecule has 0 bridgehead atoms. The fourth-order valence-corrected chi connectivity index (χ4v) is 2.68. The Morgan fingerprint density at radius 2 is 2.14 bits per heavy atom. The summed E-state index contributed by atoms with van der Waals surface area (Å²) < 4.78 is 0. The number of benzene rings is 1. The van der Waals surface area contributed by atoms with Gasteiger partial charge in [0.2, 0.25) is 0 Å². The van der Waals surface area contributed by atoms with Crippen LogP contribution in [0.5, 0.6) is 0 Å². The molecule has 0 aliphatic heterocycles. The molecule has 21 heavy (non-hydrogen) atoms. The van der Waals surface area contributed by atoms with E-state index < -0.39 is 0 Å². The van der Waals surface area contributed by atoms with E-state index in [2.05, 4.69) is 41.4 Å². The van der Waals surface area contributed by atoms with Crippen LogP contribution < -0.4 is 10.4 Å². The van der Waals surface area contributed by atoms with Gasteiger partial charge in [0.1, 0.15) is 0 Å². The van der Waals surface area contributed by atoms with Crippen molar-refractivity contribution in [3.05, 3.63) is 36.0 Å². The predicted octanol–water partition coefficient (Wildman–Crippen LogP) is 2.35. The summed E-state index contributed by atoms with van der Waals surface area (Å²) in [6, 6.07) is 8.26. The standard InChI is InChI=1S/C16H20N4O/c1-3-20(18-8-9-21)16-14-12-6-4-5-7-13(12)19-15(14)11(2)10-17-16/h4-7,10,18-19,21H,3,8-9H2,1-2H3. The first-order valence-corrected chi connectivity index (χ1v) is 7.24. The Morgan fingerprint density at radius 1 is 1.33 bits per heavy atom. The van der Waals surface area contributed by atoms with E-state index in [9.17, 15) is 0 Å². The molecule has 0 fully saturated rings. The van der Waals surface area contributed by atoms with E-state index in [1.165, 1.54) is 5.39 Å². The number of H-pyrrole nitrogens is 1. The lowest BCUT2D eigenvalue weighted by Crippen LogP contribution is -2.40. The van der Waals surface area contributed by atoms with Crippen molar-refractivity contribution in [2.75, 3.05) is 24.7 Å². The number of hydrogen-bond donors (Lipinski definition) is 3. The van der Waals surface area contributed by atoms with Crippen molar-refractivity contribution in [3.8, 4) is 0 Å². The van der Waals surface area contributed by atoms with Crippen LogP contribution in [0.3, 0.4) is 0 Å². The van der Waals surface area contributed by atoms with Crippen molar-refractivity contribution in [1.29, 1.82) is 0 Å². The molecule has 0 aliphatic carbocycles. The number of hydrazine groups is 1. The zero-order valence-corrected chi connectivity index (χ0v) is 12.3. The number of para-hydroxylation sites is 1. The van der Waals surface area contributed by atoms with Crippen LogP contribution >= 0.6 is 0 Å². The Morgan fingerprint density at radius 3 is 2.90 bits per heavy atom. The van der Waals surface area contributed by atoms with Gasteiger partial charge in [-0.15, -0.1) is 0 Å². The smallest absolute Gasteiger partial charge is 0.152 e. The van der Waals surface area contributed by atoms with Crippen LogP contribution in [0.2, 0.25) is 0 Å². The van der Waals surface area contributed by atoms with E-state index >= 15 is 0 Å². The molecule has 2 heterocycles. The van der Waals surface area contributed by atoms with Crippen LogP contribution in [0.1, 0.15) is 12.5 Å². The number of pyridine rings is 1. The summed E-state index contributed by atoms with van der Waals surface area (Å²) in [5.41, 5.74) is 6.57. The van der Waals surface area contributed by atoms with Crippen molar-refractivity contribution >= 4 is 27.6 Å². The quantitative estimate of drug-likeness (QED) is 0.629. The molecule has 0 spiro atoms. The fraction of sp³-hybridized carbons (Fsp3) is 0.312. The number of aromatic amines is 1. The summed E-state index contributed by atoms with van der Waals surface area (Å²) >= 11 is 0. The zero-order chi connectivity index (χ0) is 14.8. The minimum atomic E-state index is 0.0966. The second-order valence-corrected chi connectivity index (χ2v) is 5.06. The summed E-state index contributed by atoms with van der Waals surface area (Å²) in [5.74, 6) is 0.893. The number of aliphatic hydroxyl groups excluding tert-OH is 1. The molecule has 5 nitrogen and oxygen atoms in total. The van der Waals surface area contributed by atoms with Crippen LogP contribution in [0.4, 0.5) is 5.82 Å². The van der Waals surface area contributed by atoms with Crippen molar-refractivity contribution in [3.63, 3.8) is 0 Å². The highest BCUT2D eigenvalue weighted by Gasteiger charge is 2.15. The highest BCUT2D eigenvalue weighted by Crippen LogP contribution is 2.33. The minimum absolute atomic E-state index is 0.0966. The molecule has 2 aromatic heterocycles. The van der Waals surface area contributed by atoms with Gasteiger partial charge in [-0.3, -0.25) is 5.01 Å². The van der Waals surface area contributed by atoms with Gasteiger partial charge < -0.3 is 10.1 Å². The summed E-state index contributed by atoms with van der Waals surface area (Å²) in [7, 11) is 0. The number of nitrogens with zero attached hydrogens (tertiary/aromatic N) is 2. The van der Waals surface area contributed by atoms with Gasteiger partial charge in [0, 0.05) is 30.2 Å². The van der Waals surface area contributed by atoms with Crippen LogP contribution in [-0.4, -0.2) is 34.8 Å². The Balaban J connectivity index is 2.24. The lowest BCUT2D eigenvalue weighted by atomic mass is 10.1. The summed E-state index contributed by atoms with van der Waals surface area (Å²) in [5, 5.41) is 13.3. The first kappa shape index (κ1) is 13.9. The van der Waals surface area contributed by atoms with Crippen molar-refractivity contribution in [1.82, 2.24) is 15.4 Å². The third-order valence-corrected chi connectivity index (χ3v) is 3.69. The second-order valence-electron chi connectivity index (χ2n) is 5.06. The van der Waals surface area contributed by atoms with Crippen LogP contribution in [0.25, 0.3) is 21.8 Å². The van der Waals surface area contributed by atoms with Gasteiger partial charge in [-0.1, -0.05) is 18.2 Å². The lowest BCUT2D eigenvalue weighted by molar-refractivity contribution is 0.290. The molecule has 0 amide bonds. The number of aromatic nitrogens is 2. The normalized spacial score (nSPS) is 11.4. The third kappa shape index (κ3) is 2.34. The molecule has 0 saturated heterocycles. The molecule has 110 valence electrons. The molecule has 0 saturated carbocycles. The second kappa shape index (κ2) is 5.71. The Kier molecular flexibility index (Phi) is 3.77. The summed E-state index contributed by atoms with van der Waals surface area (Å²) in [4.78, 5) is 8.09. The van der Waals surface area contributed by atoms with E-state index in [1.54, 1.807) is 0 Å². The SMILES string of the molecule is CCN(NCCO)c1ncc(C)c2[nH]c3ccccc3c12. The van der Waals surface area contributed by atoms with Crippen LogP contribution in [0.15, 0.2) is 30.5 Å². The number of anilines is 1. The molecular formula is C16H20N4O. The molecule has 1 aromatic carbocycles. The lowest BCUT2D eigenvalue weighted by Gasteiger charge is -2.23. The monoisotopic (exact) mass is 284 g/mol. The topological polar surface area (TPSA) is 64.2 Å². The van der Waals surface area contributed by atoms with E-state index in [1.807, 2.05) is 23.3 Å². The average molecular weight is 284 g/mol. The Bertz CT molecular complexity index is 765. The largest absolute Gasteiger partial charge is 0.395 e. The maximum atomic E-state index is 9.03. The number of fused-ring (bicyclic) bond motifs is 3. The molecule has 0 aliphatic rings. The molecule has 3 aromatic rings. The molecule has 0 radical (unpaired) electrons. The number of rotatable bonds is 5. The van der Waals surface area contributed by atoms with Crippen LogP contribution in [0, 0.1) is 6.92 Å². The maximum Gasteiger partial charge on any atom is 0.152 e.